The van der Waals surface area contributed by atoms with Gasteiger partial charge in [-0.15, -0.1) is 0 Å². The first-order valence-corrected chi connectivity index (χ1v) is 7.66. The summed E-state index contributed by atoms with van der Waals surface area (Å²) in [5.41, 5.74) is 0.470. The van der Waals surface area contributed by atoms with Crippen LogP contribution < -0.4 is 5.32 Å². The highest BCUT2D eigenvalue weighted by Crippen LogP contribution is 2.37. The fourth-order valence-electron chi connectivity index (χ4n) is 2.74. The SMILES string of the molecule is CN(C(=O)c1cccc(NC(=O)C2CC2)c1)C1(C#N)CCC1. The number of amides is 2. The van der Waals surface area contributed by atoms with Crippen molar-refractivity contribution in [3.8, 4) is 6.07 Å². The lowest BCUT2D eigenvalue weighted by Gasteiger charge is -2.42. The predicted octanol–water partition coefficient (Wildman–Crippen LogP) is 2.55. The van der Waals surface area contributed by atoms with Gasteiger partial charge in [-0.1, -0.05) is 6.07 Å². The molecule has 0 saturated heterocycles. The van der Waals surface area contributed by atoms with Crippen molar-refractivity contribution in [2.75, 3.05) is 12.4 Å². The Bertz CT molecular complexity index is 654. The summed E-state index contributed by atoms with van der Waals surface area (Å²) >= 11 is 0. The van der Waals surface area contributed by atoms with Crippen LogP contribution in [0.15, 0.2) is 24.3 Å². The van der Waals surface area contributed by atoms with Crippen molar-refractivity contribution in [3.63, 3.8) is 0 Å². The van der Waals surface area contributed by atoms with Crippen LogP contribution in [0.25, 0.3) is 0 Å². The molecular formula is C17H19N3O2. The van der Waals surface area contributed by atoms with Gasteiger partial charge in [-0.05, 0) is 50.3 Å². The van der Waals surface area contributed by atoms with Gasteiger partial charge in [0.05, 0.1) is 6.07 Å². The molecule has 2 aliphatic carbocycles. The first-order valence-electron chi connectivity index (χ1n) is 7.66. The summed E-state index contributed by atoms with van der Waals surface area (Å²) in [6.07, 6.45) is 4.31. The van der Waals surface area contributed by atoms with Crippen LogP contribution in [-0.4, -0.2) is 29.3 Å². The van der Waals surface area contributed by atoms with E-state index in [4.69, 9.17) is 0 Å². The van der Waals surface area contributed by atoms with Crippen molar-refractivity contribution in [1.82, 2.24) is 4.90 Å². The molecule has 0 atom stereocenters. The van der Waals surface area contributed by atoms with E-state index in [0.29, 0.717) is 11.3 Å². The van der Waals surface area contributed by atoms with Crippen LogP contribution in [0.2, 0.25) is 0 Å². The predicted molar refractivity (Wildman–Crippen MR) is 82.1 cm³/mol. The van der Waals surface area contributed by atoms with Crippen LogP contribution in [0.3, 0.4) is 0 Å². The molecule has 3 rings (SSSR count). The molecule has 2 aliphatic rings. The highest BCUT2D eigenvalue weighted by Gasteiger charge is 2.43. The fraction of sp³-hybridized carbons (Fsp3) is 0.471. The Hall–Kier alpha value is -2.35. The van der Waals surface area contributed by atoms with Crippen LogP contribution >= 0.6 is 0 Å². The lowest BCUT2D eigenvalue weighted by molar-refractivity contribution is -0.117. The van der Waals surface area contributed by atoms with Gasteiger partial charge in [-0.25, -0.2) is 0 Å². The molecule has 0 heterocycles. The van der Waals surface area contributed by atoms with Gasteiger partial charge >= 0.3 is 0 Å². The van der Waals surface area contributed by atoms with E-state index in [1.54, 1.807) is 36.2 Å². The van der Waals surface area contributed by atoms with Gasteiger partial charge in [0.1, 0.15) is 5.54 Å². The molecule has 2 fully saturated rings. The highest BCUT2D eigenvalue weighted by molar-refractivity contribution is 5.98. The molecule has 2 amide bonds. The lowest BCUT2D eigenvalue weighted by atomic mass is 9.76. The number of anilines is 1. The van der Waals surface area contributed by atoms with Crippen LogP contribution in [0.1, 0.15) is 42.5 Å². The van der Waals surface area contributed by atoms with E-state index in [2.05, 4.69) is 11.4 Å². The van der Waals surface area contributed by atoms with Gasteiger partial charge in [0.15, 0.2) is 0 Å². The van der Waals surface area contributed by atoms with Crippen molar-refractivity contribution in [1.29, 1.82) is 5.26 Å². The Kier molecular flexibility index (Phi) is 3.61. The van der Waals surface area contributed by atoms with Crippen LogP contribution in [-0.2, 0) is 4.79 Å². The molecule has 1 aromatic rings. The van der Waals surface area contributed by atoms with Gasteiger partial charge in [-0.2, -0.15) is 5.26 Å². The van der Waals surface area contributed by atoms with Crippen molar-refractivity contribution in [2.45, 2.75) is 37.6 Å². The zero-order valence-electron chi connectivity index (χ0n) is 12.6. The number of nitrogens with zero attached hydrogens (tertiary/aromatic N) is 2. The smallest absolute Gasteiger partial charge is 0.254 e. The quantitative estimate of drug-likeness (QED) is 0.928. The number of hydrogen-bond donors (Lipinski definition) is 1. The Morgan fingerprint density at radius 1 is 1.36 bits per heavy atom. The second kappa shape index (κ2) is 5.45. The molecule has 1 N–H and O–H groups in total. The third kappa shape index (κ3) is 2.57. The molecule has 0 spiro atoms. The number of rotatable bonds is 4. The highest BCUT2D eigenvalue weighted by atomic mass is 16.2. The minimum atomic E-state index is -0.662. The van der Waals surface area contributed by atoms with E-state index in [1.165, 1.54) is 0 Å². The molecular weight excluding hydrogens is 278 g/mol. The first kappa shape index (κ1) is 14.6. The maximum atomic E-state index is 12.6. The van der Waals surface area contributed by atoms with E-state index in [9.17, 15) is 14.9 Å². The van der Waals surface area contributed by atoms with Crippen LogP contribution in [0.5, 0.6) is 0 Å². The second-order valence-electron chi connectivity index (χ2n) is 6.21. The van der Waals surface area contributed by atoms with E-state index >= 15 is 0 Å². The topological polar surface area (TPSA) is 73.2 Å². The van der Waals surface area contributed by atoms with Gasteiger partial charge in [0.25, 0.3) is 5.91 Å². The van der Waals surface area contributed by atoms with E-state index < -0.39 is 5.54 Å². The molecule has 1 aromatic carbocycles. The van der Waals surface area contributed by atoms with Crippen molar-refractivity contribution >= 4 is 17.5 Å². The lowest BCUT2D eigenvalue weighted by Crippen LogP contribution is -2.53. The first-order chi connectivity index (χ1) is 10.6. The zero-order valence-corrected chi connectivity index (χ0v) is 12.6. The summed E-state index contributed by atoms with van der Waals surface area (Å²) in [5.74, 6) is -0.0342. The van der Waals surface area contributed by atoms with E-state index in [1.807, 2.05) is 0 Å². The maximum absolute atomic E-state index is 12.6. The Morgan fingerprint density at radius 2 is 2.09 bits per heavy atom. The molecule has 0 radical (unpaired) electrons. The van der Waals surface area contributed by atoms with E-state index in [0.717, 1.165) is 32.1 Å². The summed E-state index contributed by atoms with van der Waals surface area (Å²) in [5, 5.41) is 12.2. The third-order valence-electron chi connectivity index (χ3n) is 4.66. The second-order valence-corrected chi connectivity index (χ2v) is 6.21. The summed E-state index contributed by atoms with van der Waals surface area (Å²) in [4.78, 5) is 25.9. The third-order valence-corrected chi connectivity index (χ3v) is 4.66. The molecule has 22 heavy (non-hydrogen) atoms. The Balaban J connectivity index is 1.75. The molecule has 5 heteroatoms. The fourth-order valence-corrected chi connectivity index (χ4v) is 2.74. The molecule has 2 saturated carbocycles. The largest absolute Gasteiger partial charge is 0.326 e. The zero-order chi connectivity index (χ0) is 15.7. The van der Waals surface area contributed by atoms with Crippen LogP contribution in [0, 0.1) is 17.2 Å². The van der Waals surface area contributed by atoms with Crippen molar-refractivity contribution in [2.24, 2.45) is 5.92 Å². The Morgan fingerprint density at radius 3 is 2.64 bits per heavy atom. The molecule has 0 bridgehead atoms. The number of nitrogens with one attached hydrogen (secondary N) is 1. The number of hydrogen-bond acceptors (Lipinski definition) is 3. The van der Waals surface area contributed by atoms with Crippen molar-refractivity contribution < 1.29 is 9.59 Å². The van der Waals surface area contributed by atoms with Crippen molar-refractivity contribution in [3.05, 3.63) is 29.8 Å². The average molecular weight is 297 g/mol. The molecule has 0 aliphatic heterocycles. The number of benzene rings is 1. The minimum Gasteiger partial charge on any atom is -0.326 e. The molecule has 0 unspecified atom stereocenters. The minimum absolute atomic E-state index is 0.0189. The summed E-state index contributed by atoms with van der Waals surface area (Å²) in [6.45, 7) is 0. The summed E-state index contributed by atoms with van der Waals surface area (Å²) < 4.78 is 0. The monoisotopic (exact) mass is 297 g/mol. The number of carbonyl (C=O) groups is 2. The van der Waals surface area contributed by atoms with Gasteiger partial charge in [-0.3, -0.25) is 9.59 Å². The van der Waals surface area contributed by atoms with Crippen LogP contribution in [0.4, 0.5) is 5.69 Å². The van der Waals surface area contributed by atoms with Gasteiger partial charge in [0, 0.05) is 24.2 Å². The van der Waals surface area contributed by atoms with Gasteiger partial charge < -0.3 is 10.2 Å². The average Bonchev–Trinajstić information content (AvgIpc) is 3.30. The molecule has 114 valence electrons. The maximum Gasteiger partial charge on any atom is 0.254 e. The van der Waals surface area contributed by atoms with E-state index in [-0.39, 0.29) is 17.7 Å². The summed E-state index contributed by atoms with van der Waals surface area (Å²) in [7, 11) is 1.68. The molecule has 5 nitrogen and oxygen atoms in total. The van der Waals surface area contributed by atoms with Gasteiger partial charge in [0.2, 0.25) is 5.91 Å². The Labute approximate surface area is 129 Å². The normalized spacial score (nSPS) is 18.7. The summed E-state index contributed by atoms with van der Waals surface area (Å²) in [6, 6.07) is 9.20. The molecule has 0 aromatic heterocycles. The number of nitriles is 1. The number of carbonyl (C=O) groups excluding carboxylic acids is 2. The standard InChI is InChI=1S/C17H19N3O2/c1-20(17(11-18)8-3-9-17)16(22)13-4-2-5-14(10-13)19-15(21)12-6-7-12/h2,4-5,10,12H,3,6-9H2,1H3,(H,19,21).